The maximum absolute atomic E-state index is 12.2. The highest BCUT2D eigenvalue weighted by Crippen LogP contribution is 2.36. The number of hydrogen-bond acceptors (Lipinski definition) is 4. The van der Waals surface area contributed by atoms with E-state index in [-0.39, 0.29) is 30.5 Å². The van der Waals surface area contributed by atoms with E-state index in [0.717, 1.165) is 0 Å². The van der Waals surface area contributed by atoms with Crippen molar-refractivity contribution in [1.29, 1.82) is 0 Å². The van der Waals surface area contributed by atoms with Crippen LogP contribution in [0.3, 0.4) is 0 Å². The minimum atomic E-state index is -3.25. The van der Waals surface area contributed by atoms with Crippen LogP contribution in [-0.4, -0.2) is 28.6 Å². The van der Waals surface area contributed by atoms with Crippen molar-refractivity contribution in [3.63, 3.8) is 0 Å². The SMILES string of the molecule is Cl.[2H]C([2H])([2H])C([2H])(Oc1cccc2[nH]c3cnc(C(=O)OCC)c(C)c3c12)C([2H])([2H])[2H]. The number of ether oxygens (including phenoxy) is 2. The smallest absolute Gasteiger partial charge is 0.357 e. The van der Waals surface area contributed by atoms with Gasteiger partial charge in [0.1, 0.15) is 5.75 Å². The lowest BCUT2D eigenvalue weighted by molar-refractivity contribution is 0.0519. The summed E-state index contributed by atoms with van der Waals surface area (Å²) in [6.07, 6.45) is -1.76. The zero-order valence-corrected chi connectivity index (χ0v) is 13.9. The molecule has 6 heteroatoms. The maximum atomic E-state index is 12.2. The lowest BCUT2D eigenvalue weighted by Crippen LogP contribution is -2.09. The third-order valence-corrected chi connectivity index (χ3v) is 3.55. The molecule has 5 nitrogen and oxygen atoms in total. The summed E-state index contributed by atoms with van der Waals surface area (Å²) < 4.78 is 64.1. The summed E-state index contributed by atoms with van der Waals surface area (Å²) in [4.78, 5) is 19.5. The molecule has 0 saturated heterocycles. The topological polar surface area (TPSA) is 64.2 Å². The van der Waals surface area contributed by atoms with E-state index < -0.39 is 25.8 Å². The van der Waals surface area contributed by atoms with Crippen molar-refractivity contribution in [2.75, 3.05) is 6.61 Å². The second-order valence-corrected chi connectivity index (χ2v) is 4.98. The van der Waals surface area contributed by atoms with E-state index in [1.54, 1.807) is 26.0 Å². The monoisotopic (exact) mass is 355 g/mol. The summed E-state index contributed by atoms with van der Waals surface area (Å²) in [5.74, 6) is -0.727. The predicted molar refractivity (Wildman–Crippen MR) is 97.3 cm³/mol. The molecular formula is C18H21ClN2O3. The lowest BCUT2D eigenvalue weighted by atomic mass is 10.1. The number of aryl methyl sites for hydroxylation is 1. The molecule has 0 saturated carbocycles. The van der Waals surface area contributed by atoms with Crippen LogP contribution in [0.15, 0.2) is 24.4 Å². The molecule has 0 aliphatic heterocycles. The van der Waals surface area contributed by atoms with Crippen molar-refractivity contribution in [3.8, 4) is 5.75 Å². The summed E-state index contributed by atoms with van der Waals surface area (Å²) in [6, 6.07) is 4.61. The number of aromatic nitrogens is 2. The van der Waals surface area contributed by atoms with Crippen LogP contribution in [0.2, 0.25) is 0 Å². The minimum Gasteiger partial charge on any atom is -0.490 e. The van der Waals surface area contributed by atoms with Gasteiger partial charge in [-0.05, 0) is 45.2 Å². The Bertz CT molecular complexity index is 1110. The van der Waals surface area contributed by atoms with Gasteiger partial charge in [-0.15, -0.1) is 12.4 Å². The molecule has 1 N–H and O–H groups in total. The molecule has 0 spiro atoms. The van der Waals surface area contributed by atoms with Gasteiger partial charge in [-0.3, -0.25) is 0 Å². The van der Waals surface area contributed by atoms with Gasteiger partial charge in [0.2, 0.25) is 0 Å². The van der Waals surface area contributed by atoms with Crippen molar-refractivity contribution < 1.29 is 23.9 Å². The highest BCUT2D eigenvalue weighted by Gasteiger charge is 2.19. The Morgan fingerprint density at radius 2 is 2.17 bits per heavy atom. The van der Waals surface area contributed by atoms with E-state index >= 15 is 0 Å². The number of fused-ring (bicyclic) bond motifs is 3. The van der Waals surface area contributed by atoms with Crippen molar-refractivity contribution in [2.45, 2.75) is 33.6 Å². The Kier molecular flexibility index (Phi) is 3.12. The number of pyridine rings is 1. The number of H-pyrrole nitrogens is 1. The second kappa shape index (κ2) is 7.09. The first kappa shape index (κ1) is 10.6. The van der Waals surface area contributed by atoms with Gasteiger partial charge < -0.3 is 14.5 Å². The Morgan fingerprint density at radius 1 is 1.38 bits per heavy atom. The van der Waals surface area contributed by atoms with Crippen LogP contribution in [0.4, 0.5) is 0 Å². The van der Waals surface area contributed by atoms with Gasteiger partial charge in [-0.2, -0.15) is 0 Å². The third-order valence-electron chi connectivity index (χ3n) is 3.55. The minimum absolute atomic E-state index is 0. The molecule has 0 fully saturated rings. The molecule has 1 aromatic carbocycles. The van der Waals surface area contributed by atoms with Crippen LogP contribution in [0.1, 0.15) is 46.3 Å². The van der Waals surface area contributed by atoms with Crippen LogP contribution >= 0.6 is 12.4 Å². The quantitative estimate of drug-likeness (QED) is 0.704. The van der Waals surface area contributed by atoms with E-state index in [2.05, 4.69) is 9.97 Å². The number of nitrogens with zero attached hydrogens (tertiary/aromatic N) is 1. The standard InChI is InChI=1S/C18H20N2O3.ClH/c1-5-22-18(21)17-11(4)15-13(9-19-17)20-12-7-6-8-14(16(12)15)23-10(2)3;/h6-10,20H,5H2,1-4H3;1H/i2D3,3D3,10D;. The van der Waals surface area contributed by atoms with Crippen LogP contribution in [0, 0.1) is 6.92 Å². The Balaban J connectivity index is 0.00000341. The van der Waals surface area contributed by atoms with Crippen molar-refractivity contribution in [2.24, 2.45) is 0 Å². The zero-order chi connectivity index (χ0) is 22.5. The van der Waals surface area contributed by atoms with E-state index in [1.807, 2.05) is 0 Å². The molecule has 0 unspecified atom stereocenters. The maximum Gasteiger partial charge on any atom is 0.357 e. The molecule has 0 amide bonds. The van der Waals surface area contributed by atoms with Gasteiger partial charge in [-0.1, -0.05) is 6.07 Å². The number of carbonyl (C=O) groups is 1. The zero-order valence-electron chi connectivity index (χ0n) is 20.1. The molecule has 2 heterocycles. The average Bonchev–Trinajstić information content (AvgIpc) is 3.00. The van der Waals surface area contributed by atoms with Gasteiger partial charge in [0, 0.05) is 19.0 Å². The molecular weight excluding hydrogens is 328 g/mol. The Labute approximate surface area is 156 Å². The van der Waals surface area contributed by atoms with Gasteiger partial charge in [0.15, 0.2) is 5.69 Å². The fourth-order valence-electron chi connectivity index (χ4n) is 2.67. The number of aromatic amines is 1. The molecule has 128 valence electrons. The number of benzene rings is 1. The van der Waals surface area contributed by atoms with Crippen LogP contribution in [-0.2, 0) is 4.74 Å². The molecule has 2 aromatic heterocycles. The molecule has 24 heavy (non-hydrogen) atoms. The summed E-state index contributed by atoms with van der Waals surface area (Å²) in [5.41, 5.74) is 1.56. The second-order valence-electron chi connectivity index (χ2n) is 4.98. The summed E-state index contributed by atoms with van der Waals surface area (Å²) in [5, 5.41) is 0.847. The first-order valence-corrected chi connectivity index (χ1v) is 7.08. The van der Waals surface area contributed by atoms with Gasteiger partial charge in [0.25, 0.3) is 0 Å². The molecule has 0 aliphatic carbocycles. The summed E-state index contributed by atoms with van der Waals surface area (Å²) >= 11 is 0. The molecule has 0 aliphatic rings. The Morgan fingerprint density at radius 3 is 2.88 bits per heavy atom. The van der Waals surface area contributed by atoms with Crippen LogP contribution in [0.25, 0.3) is 21.8 Å². The van der Waals surface area contributed by atoms with E-state index in [9.17, 15) is 4.79 Å². The molecule has 3 rings (SSSR count). The van der Waals surface area contributed by atoms with Crippen LogP contribution < -0.4 is 4.74 Å². The largest absolute Gasteiger partial charge is 0.490 e. The molecule has 0 radical (unpaired) electrons. The number of halogens is 1. The average molecular weight is 356 g/mol. The third kappa shape index (κ3) is 3.04. The fraction of sp³-hybridized carbons (Fsp3) is 0.333. The molecule has 0 bridgehead atoms. The first-order chi connectivity index (χ1) is 13.8. The van der Waals surface area contributed by atoms with Gasteiger partial charge in [0.05, 0.1) is 31.3 Å². The molecule has 0 atom stereocenters. The van der Waals surface area contributed by atoms with Crippen molar-refractivity contribution >= 4 is 40.2 Å². The summed E-state index contributed by atoms with van der Waals surface area (Å²) in [7, 11) is 0. The molecule has 3 aromatic rings. The number of rotatable bonds is 4. The summed E-state index contributed by atoms with van der Waals surface area (Å²) in [6.45, 7) is -3.02. The van der Waals surface area contributed by atoms with Gasteiger partial charge in [-0.25, -0.2) is 9.78 Å². The number of esters is 1. The Hall–Kier alpha value is -2.27. The van der Waals surface area contributed by atoms with E-state index in [4.69, 9.17) is 19.1 Å². The lowest BCUT2D eigenvalue weighted by Gasteiger charge is -2.12. The van der Waals surface area contributed by atoms with E-state index in [1.165, 1.54) is 12.3 Å². The van der Waals surface area contributed by atoms with Crippen LogP contribution in [0.5, 0.6) is 5.75 Å². The number of hydrogen-bond donors (Lipinski definition) is 1. The van der Waals surface area contributed by atoms with E-state index in [0.29, 0.717) is 27.4 Å². The van der Waals surface area contributed by atoms with Crippen molar-refractivity contribution in [3.05, 3.63) is 35.7 Å². The van der Waals surface area contributed by atoms with Crippen molar-refractivity contribution in [1.82, 2.24) is 9.97 Å². The number of carbonyl (C=O) groups excluding carboxylic acids is 1. The normalized spacial score (nSPS) is 16.7. The first-order valence-electron chi connectivity index (χ1n) is 10.6. The highest BCUT2D eigenvalue weighted by atomic mass is 35.5. The van der Waals surface area contributed by atoms with Gasteiger partial charge >= 0.3 is 5.97 Å². The highest BCUT2D eigenvalue weighted by molar-refractivity contribution is 6.13. The fourth-order valence-corrected chi connectivity index (χ4v) is 2.67. The number of nitrogens with one attached hydrogen (secondary N) is 1. The predicted octanol–water partition coefficient (Wildman–Crippen LogP) is 4.41.